The van der Waals surface area contributed by atoms with E-state index in [4.69, 9.17) is 9.26 Å². The molecule has 120 valence electrons. The average molecular weight is 333 g/mol. The van der Waals surface area contributed by atoms with Crippen LogP contribution in [0.4, 0.5) is 0 Å². The molecule has 0 aliphatic rings. The molecule has 0 radical (unpaired) electrons. The zero-order valence-corrected chi connectivity index (χ0v) is 13.2. The van der Waals surface area contributed by atoms with E-state index in [1.54, 1.807) is 18.2 Å². The van der Waals surface area contributed by atoms with Crippen molar-refractivity contribution in [2.75, 3.05) is 7.11 Å². The maximum absolute atomic E-state index is 11.5. The summed E-state index contributed by atoms with van der Waals surface area (Å²) in [6.45, 7) is 0.350. The number of fused-ring (bicyclic) bond motifs is 1. The highest BCUT2D eigenvalue weighted by Gasteiger charge is 2.14. The summed E-state index contributed by atoms with van der Waals surface area (Å²) in [6, 6.07) is 14.7. The number of ether oxygens (including phenoxy) is 1. The fourth-order valence-electron chi connectivity index (χ4n) is 2.15. The van der Waals surface area contributed by atoms with Crippen LogP contribution in [0.25, 0.3) is 11.0 Å². The minimum atomic E-state index is -3.58. The largest absolute Gasteiger partial charge is 0.470 e. The van der Waals surface area contributed by atoms with Gasteiger partial charge in [0, 0.05) is 0 Å². The van der Waals surface area contributed by atoms with Gasteiger partial charge in [-0.1, -0.05) is 36.4 Å². The van der Waals surface area contributed by atoms with E-state index in [2.05, 4.69) is 9.34 Å². The van der Waals surface area contributed by atoms with Crippen LogP contribution in [0.15, 0.2) is 53.1 Å². The summed E-state index contributed by atoms with van der Waals surface area (Å²) in [4.78, 5) is 0. The molecule has 0 aliphatic heterocycles. The van der Waals surface area contributed by atoms with Gasteiger partial charge in [0.15, 0.2) is 5.58 Å². The monoisotopic (exact) mass is 333 g/mol. The van der Waals surface area contributed by atoms with Crippen LogP contribution in [0, 0.1) is 0 Å². The summed E-state index contributed by atoms with van der Waals surface area (Å²) in [7, 11) is -2.44. The van der Waals surface area contributed by atoms with Crippen molar-refractivity contribution >= 4 is 21.1 Å². The Kier molecular flexibility index (Phi) is 4.31. The maximum atomic E-state index is 11.5. The minimum Gasteiger partial charge on any atom is -0.470 e. The SMILES string of the molecule is COS(=O)(=O)Cc1ccc2onc(OCc3ccccc3)c2c1. The predicted octanol–water partition coefficient (Wildman–Crippen LogP) is 2.88. The maximum Gasteiger partial charge on any atom is 0.271 e. The van der Waals surface area contributed by atoms with Crippen molar-refractivity contribution in [3.05, 3.63) is 59.7 Å². The van der Waals surface area contributed by atoms with Crippen LogP contribution in [0.3, 0.4) is 0 Å². The Hall–Kier alpha value is -2.38. The van der Waals surface area contributed by atoms with Gasteiger partial charge in [-0.2, -0.15) is 8.42 Å². The second kappa shape index (κ2) is 6.39. The number of rotatable bonds is 6. The molecule has 0 saturated carbocycles. The van der Waals surface area contributed by atoms with E-state index in [0.717, 1.165) is 12.7 Å². The topological polar surface area (TPSA) is 78.6 Å². The number of aromatic nitrogens is 1. The van der Waals surface area contributed by atoms with Gasteiger partial charge in [0.1, 0.15) is 12.4 Å². The molecule has 1 aromatic heterocycles. The summed E-state index contributed by atoms with van der Waals surface area (Å²) in [5, 5.41) is 4.52. The zero-order chi connectivity index (χ0) is 16.3. The van der Waals surface area contributed by atoms with Crippen LogP contribution in [0.1, 0.15) is 11.1 Å². The molecule has 6 nitrogen and oxygen atoms in total. The van der Waals surface area contributed by atoms with E-state index in [-0.39, 0.29) is 5.75 Å². The fourth-order valence-corrected chi connectivity index (χ4v) is 2.85. The van der Waals surface area contributed by atoms with Crippen molar-refractivity contribution in [3.63, 3.8) is 0 Å². The van der Waals surface area contributed by atoms with E-state index < -0.39 is 10.1 Å². The standard InChI is InChI=1S/C16H15NO5S/c1-20-23(18,19)11-13-7-8-15-14(9-13)16(17-22-15)21-10-12-5-3-2-4-6-12/h2-9H,10-11H2,1H3. The third-order valence-corrected chi connectivity index (χ3v) is 4.51. The van der Waals surface area contributed by atoms with Crippen LogP contribution in [-0.2, 0) is 26.7 Å². The van der Waals surface area contributed by atoms with Crippen molar-refractivity contribution in [2.24, 2.45) is 0 Å². The molecule has 0 bridgehead atoms. The van der Waals surface area contributed by atoms with Crippen molar-refractivity contribution in [2.45, 2.75) is 12.4 Å². The first-order chi connectivity index (χ1) is 11.1. The molecule has 3 aromatic rings. The molecule has 0 fully saturated rings. The van der Waals surface area contributed by atoms with Gasteiger partial charge in [0.2, 0.25) is 0 Å². The van der Waals surface area contributed by atoms with Gasteiger partial charge in [-0.15, -0.1) is 0 Å². The van der Waals surface area contributed by atoms with E-state index in [1.807, 2.05) is 30.3 Å². The zero-order valence-electron chi connectivity index (χ0n) is 12.4. The van der Waals surface area contributed by atoms with Crippen molar-refractivity contribution in [1.82, 2.24) is 5.16 Å². The highest BCUT2D eigenvalue weighted by atomic mass is 32.2. The summed E-state index contributed by atoms with van der Waals surface area (Å²) in [5.41, 5.74) is 2.11. The molecule has 0 N–H and O–H groups in total. The Balaban J connectivity index is 1.84. The Morgan fingerprint density at radius 3 is 2.61 bits per heavy atom. The smallest absolute Gasteiger partial charge is 0.271 e. The molecule has 3 rings (SSSR count). The van der Waals surface area contributed by atoms with Gasteiger partial charge in [-0.3, -0.25) is 4.18 Å². The van der Waals surface area contributed by atoms with Crippen molar-refractivity contribution in [3.8, 4) is 5.88 Å². The van der Waals surface area contributed by atoms with E-state index in [9.17, 15) is 8.42 Å². The highest BCUT2D eigenvalue weighted by Crippen LogP contribution is 2.27. The van der Waals surface area contributed by atoms with E-state index in [0.29, 0.717) is 29.0 Å². The van der Waals surface area contributed by atoms with E-state index >= 15 is 0 Å². The first-order valence-electron chi connectivity index (χ1n) is 6.91. The first-order valence-corrected chi connectivity index (χ1v) is 8.48. The van der Waals surface area contributed by atoms with Crippen molar-refractivity contribution in [1.29, 1.82) is 0 Å². The molecule has 1 heterocycles. The molecular formula is C16H15NO5S. The summed E-state index contributed by atoms with van der Waals surface area (Å²) in [5.74, 6) is 0.114. The van der Waals surface area contributed by atoms with Crippen LogP contribution in [0.5, 0.6) is 5.88 Å². The van der Waals surface area contributed by atoms with Gasteiger partial charge < -0.3 is 9.26 Å². The highest BCUT2D eigenvalue weighted by molar-refractivity contribution is 7.85. The number of benzene rings is 2. The molecule has 2 aromatic carbocycles. The van der Waals surface area contributed by atoms with Crippen molar-refractivity contribution < 1.29 is 21.9 Å². The molecule has 0 saturated heterocycles. The van der Waals surface area contributed by atoms with Crippen LogP contribution in [-0.4, -0.2) is 20.7 Å². The second-order valence-electron chi connectivity index (χ2n) is 4.96. The lowest BCUT2D eigenvalue weighted by molar-refractivity contribution is 0.274. The van der Waals surface area contributed by atoms with Gasteiger partial charge in [-0.05, 0) is 28.4 Å². The summed E-state index contributed by atoms with van der Waals surface area (Å²) < 4.78 is 38.4. The Morgan fingerprint density at radius 1 is 1.09 bits per heavy atom. The predicted molar refractivity (Wildman–Crippen MR) is 84.4 cm³/mol. The lowest BCUT2D eigenvalue weighted by atomic mass is 10.2. The molecular weight excluding hydrogens is 318 g/mol. The Labute approximate surface area is 133 Å². The summed E-state index contributed by atoms with van der Waals surface area (Å²) >= 11 is 0. The molecule has 23 heavy (non-hydrogen) atoms. The van der Waals surface area contributed by atoms with E-state index in [1.165, 1.54) is 0 Å². The van der Waals surface area contributed by atoms with Crippen LogP contribution in [0.2, 0.25) is 0 Å². The van der Waals surface area contributed by atoms with Gasteiger partial charge in [0.05, 0.1) is 12.5 Å². The lowest BCUT2D eigenvalue weighted by Gasteiger charge is -2.04. The molecule has 0 unspecified atom stereocenters. The fraction of sp³-hybridized carbons (Fsp3) is 0.188. The van der Waals surface area contributed by atoms with Crippen LogP contribution < -0.4 is 4.74 Å². The van der Waals surface area contributed by atoms with Gasteiger partial charge >= 0.3 is 0 Å². The lowest BCUT2D eigenvalue weighted by Crippen LogP contribution is -2.05. The first kappa shape index (κ1) is 15.5. The molecule has 7 heteroatoms. The minimum absolute atomic E-state index is 0.219. The molecule has 0 spiro atoms. The molecule has 0 aliphatic carbocycles. The number of hydrogen-bond donors (Lipinski definition) is 0. The Bertz CT molecular complexity index is 903. The third kappa shape index (κ3) is 3.69. The third-order valence-electron chi connectivity index (χ3n) is 3.32. The normalized spacial score (nSPS) is 11.7. The van der Waals surface area contributed by atoms with Gasteiger partial charge in [0.25, 0.3) is 16.0 Å². The summed E-state index contributed by atoms with van der Waals surface area (Å²) in [6.07, 6.45) is 0. The Morgan fingerprint density at radius 2 is 1.87 bits per heavy atom. The average Bonchev–Trinajstić information content (AvgIpc) is 2.96. The number of hydrogen-bond acceptors (Lipinski definition) is 6. The molecule has 0 atom stereocenters. The quantitative estimate of drug-likeness (QED) is 0.645. The van der Waals surface area contributed by atoms with Gasteiger partial charge in [-0.25, -0.2) is 0 Å². The number of nitrogens with zero attached hydrogens (tertiary/aromatic N) is 1. The second-order valence-corrected chi connectivity index (χ2v) is 6.70. The van der Waals surface area contributed by atoms with Crippen LogP contribution >= 0.6 is 0 Å². The molecule has 0 amide bonds.